The Balaban J connectivity index is -0.000000411. The molecule has 0 rings (SSSR count). The molecule has 0 aromatic carbocycles. The van der Waals surface area contributed by atoms with Gasteiger partial charge >= 0.3 is 37.7 Å². The molecule has 0 saturated heterocycles. The van der Waals surface area contributed by atoms with E-state index in [1.165, 1.54) is 38.5 Å². The van der Waals surface area contributed by atoms with Gasteiger partial charge in [0.25, 0.3) is 0 Å². The van der Waals surface area contributed by atoms with Gasteiger partial charge < -0.3 is 30.0 Å². The first-order valence-electron chi connectivity index (χ1n) is 10.1. The fourth-order valence-corrected chi connectivity index (χ4v) is 2.56. The summed E-state index contributed by atoms with van der Waals surface area (Å²) < 4.78 is 0. The van der Waals surface area contributed by atoms with E-state index in [0.717, 1.165) is 25.7 Å². The Morgan fingerprint density at radius 1 is 0.667 bits per heavy atom. The fraction of sp³-hybridized carbons (Fsp3) is 0.900. The number of rotatable bonds is 16. The van der Waals surface area contributed by atoms with E-state index in [0.29, 0.717) is 12.8 Å². The van der Waals surface area contributed by atoms with Crippen molar-refractivity contribution in [1.82, 2.24) is 0 Å². The predicted octanol–water partition coefficient (Wildman–Crippen LogP) is 1.31. The molecule has 0 amide bonds. The zero-order chi connectivity index (χ0) is 20.2. The van der Waals surface area contributed by atoms with Gasteiger partial charge in [0.05, 0.1) is 12.2 Å². The first-order valence-corrected chi connectivity index (χ1v) is 10.1. The van der Waals surface area contributed by atoms with Crippen molar-refractivity contribution < 1.29 is 30.0 Å². The number of unbranched alkanes of at least 4 members (excludes halogenated alkanes) is 8. The maximum Gasteiger partial charge on any atom is 2.00 e. The number of aliphatic hydroxyl groups excluding tert-OH is 2. The molecule has 0 spiro atoms. The summed E-state index contributed by atoms with van der Waals surface area (Å²) in [5, 5.41) is 38.5. The summed E-state index contributed by atoms with van der Waals surface area (Å²) in [6.45, 7) is 4.29. The minimum absolute atomic E-state index is 0. The van der Waals surface area contributed by atoms with E-state index in [2.05, 4.69) is 13.8 Å². The number of aliphatic hydroxyl groups is 2. The van der Waals surface area contributed by atoms with Crippen molar-refractivity contribution in [1.29, 1.82) is 0 Å². The Kier molecular flexibility index (Phi) is 28.5. The molecule has 2 atom stereocenters. The SMILES string of the molecule is CCCCCCCC(O)CC(=O)[O-].CCCCCCCC(O)CC(=O)[O-].[Ca+2]. The molecule has 156 valence electrons. The molecule has 0 aromatic rings. The minimum atomic E-state index is -1.17. The third-order valence-corrected chi connectivity index (χ3v) is 4.09. The number of carbonyl (C=O) groups is 2. The van der Waals surface area contributed by atoms with Gasteiger partial charge in [-0.1, -0.05) is 78.1 Å². The van der Waals surface area contributed by atoms with E-state index in [1.807, 2.05) is 0 Å². The van der Waals surface area contributed by atoms with Crippen molar-refractivity contribution >= 4 is 49.7 Å². The molecule has 2 unspecified atom stereocenters. The summed E-state index contributed by atoms with van der Waals surface area (Å²) in [6, 6.07) is 0. The molecular weight excluding hydrogens is 376 g/mol. The molecule has 0 fully saturated rings. The molecule has 0 saturated carbocycles. The van der Waals surface area contributed by atoms with Crippen LogP contribution in [0.3, 0.4) is 0 Å². The van der Waals surface area contributed by atoms with Crippen molar-refractivity contribution in [2.45, 2.75) is 116 Å². The molecule has 6 nitrogen and oxygen atoms in total. The van der Waals surface area contributed by atoms with Crippen molar-refractivity contribution in [2.75, 3.05) is 0 Å². The van der Waals surface area contributed by atoms with Crippen molar-refractivity contribution in [3.05, 3.63) is 0 Å². The zero-order valence-electron chi connectivity index (χ0n) is 17.3. The van der Waals surface area contributed by atoms with Gasteiger partial charge in [-0.3, -0.25) is 0 Å². The van der Waals surface area contributed by atoms with Crippen LogP contribution < -0.4 is 10.2 Å². The molecule has 0 bridgehead atoms. The molecule has 2 N–H and O–H groups in total. The summed E-state index contributed by atoms with van der Waals surface area (Å²) in [5.74, 6) is -2.33. The van der Waals surface area contributed by atoms with E-state index in [4.69, 9.17) is 10.2 Å². The molecule has 0 aliphatic heterocycles. The van der Waals surface area contributed by atoms with Gasteiger partial charge in [-0.25, -0.2) is 0 Å². The quantitative estimate of drug-likeness (QED) is 0.290. The van der Waals surface area contributed by atoms with Crippen LogP contribution >= 0.6 is 0 Å². The number of hydrogen-bond acceptors (Lipinski definition) is 6. The standard InChI is InChI=1S/2C10H20O3.Ca/c2*1-2-3-4-5-6-7-9(11)8-10(12)13;/h2*9,11H,2-8H2,1H3,(H,12,13);/q;;+2/p-2. The van der Waals surface area contributed by atoms with E-state index >= 15 is 0 Å². The minimum Gasteiger partial charge on any atom is -0.550 e. The van der Waals surface area contributed by atoms with Crippen LogP contribution in [0.25, 0.3) is 0 Å². The maximum absolute atomic E-state index is 10.1. The van der Waals surface area contributed by atoms with Crippen LogP contribution in [0.5, 0.6) is 0 Å². The average molecular weight is 415 g/mol. The fourth-order valence-electron chi connectivity index (χ4n) is 2.56. The zero-order valence-corrected chi connectivity index (χ0v) is 19.5. The number of aliphatic carboxylic acids is 2. The Hall–Kier alpha value is 0.120. The first-order chi connectivity index (χ1) is 12.3. The van der Waals surface area contributed by atoms with Gasteiger partial charge in [0, 0.05) is 24.8 Å². The monoisotopic (exact) mass is 414 g/mol. The van der Waals surface area contributed by atoms with E-state index in [-0.39, 0.29) is 50.6 Å². The normalized spacial score (nSPS) is 12.3. The second kappa shape index (κ2) is 24.2. The second-order valence-corrected chi connectivity index (χ2v) is 6.87. The first kappa shape index (κ1) is 31.8. The number of carbonyl (C=O) groups excluding carboxylic acids is 2. The van der Waals surface area contributed by atoms with Crippen LogP contribution in [-0.2, 0) is 9.59 Å². The maximum atomic E-state index is 10.1. The Bertz CT molecular complexity index is 306. The smallest absolute Gasteiger partial charge is 0.550 e. The van der Waals surface area contributed by atoms with Crippen LogP contribution in [0.1, 0.15) is 104 Å². The Morgan fingerprint density at radius 2 is 0.963 bits per heavy atom. The molecular formula is C20H38CaO6. The Morgan fingerprint density at radius 3 is 1.22 bits per heavy atom. The average Bonchev–Trinajstić information content (AvgIpc) is 2.53. The molecule has 0 heterocycles. The molecule has 7 heteroatoms. The summed E-state index contributed by atoms with van der Waals surface area (Å²) in [4.78, 5) is 20.1. The molecule has 0 radical (unpaired) electrons. The van der Waals surface area contributed by atoms with Crippen molar-refractivity contribution in [3.8, 4) is 0 Å². The summed E-state index contributed by atoms with van der Waals surface area (Å²) in [5.41, 5.74) is 0. The number of carboxylic acids is 2. The number of carboxylic acid groups (broad SMARTS) is 2. The molecule has 0 aliphatic carbocycles. The summed E-state index contributed by atoms with van der Waals surface area (Å²) in [7, 11) is 0. The van der Waals surface area contributed by atoms with Crippen LogP contribution in [0.4, 0.5) is 0 Å². The van der Waals surface area contributed by atoms with Gasteiger partial charge in [-0.15, -0.1) is 0 Å². The van der Waals surface area contributed by atoms with E-state index in [1.54, 1.807) is 0 Å². The molecule has 27 heavy (non-hydrogen) atoms. The topological polar surface area (TPSA) is 121 Å². The van der Waals surface area contributed by atoms with Gasteiger partial charge in [0.15, 0.2) is 0 Å². The molecule has 0 aliphatic rings. The Labute approximate surface area is 194 Å². The number of hydrogen-bond donors (Lipinski definition) is 2. The summed E-state index contributed by atoms with van der Waals surface area (Å²) >= 11 is 0. The van der Waals surface area contributed by atoms with Crippen LogP contribution in [0.2, 0.25) is 0 Å². The van der Waals surface area contributed by atoms with Crippen LogP contribution in [-0.4, -0.2) is 72.1 Å². The third kappa shape index (κ3) is 31.1. The second-order valence-electron chi connectivity index (χ2n) is 6.87. The van der Waals surface area contributed by atoms with Gasteiger partial charge in [0.2, 0.25) is 0 Å². The predicted molar refractivity (Wildman–Crippen MR) is 104 cm³/mol. The van der Waals surface area contributed by atoms with Crippen molar-refractivity contribution in [3.63, 3.8) is 0 Å². The summed E-state index contributed by atoms with van der Waals surface area (Å²) in [6.07, 6.45) is 10.4. The van der Waals surface area contributed by atoms with Crippen molar-refractivity contribution in [2.24, 2.45) is 0 Å². The third-order valence-electron chi connectivity index (χ3n) is 4.09. The van der Waals surface area contributed by atoms with Crippen LogP contribution in [0.15, 0.2) is 0 Å². The van der Waals surface area contributed by atoms with Gasteiger partial charge in [0.1, 0.15) is 0 Å². The molecule has 0 aromatic heterocycles. The van der Waals surface area contributed by atoms with E-state index in [9.17, 15) is 19.8 Å². The van der Waals surface area contributed by atoms with Gasteiger partial charge in [-0.2, -0.15) is 0 Å². The van der Waals surface area contributed by atoms with Crippen LogP contribution in [0, 0.1) is 0 Å². The van der Waals surface area contributed by atoms with Gasteiger partial charge in [-0.05, 0) is 12.8 Å². The largest absolute Gasteiger partial charge is 2.00 e. The van der Waals surface area contributed by atoms with E-state index < -0.39 is 24.1 Å².